The average molecular weight is 323 g/mol. The van der Waals surface area contributed by atoms with Gasteiger partial charge in [-0.05, 0) is 25.0 Å². The van der Waals surface area contributed by atoms with Crippen molar-refractivity contribution in [2.45, 2.75) is 38.1 Å². The second-order valence-corrected chi connectivity index (χ2v) is 5.90. The van der Waals surface area contributed by atoms with Crippen molar-refractivity contribution in [3.63, 3.8) is 0 Å². The lowest BCUT2D eigenvalue weighted by Gasteiger charge is -2.21. The summed E-state index contributed by atoms with van der Waals surface area (Å²) in [5.74, 6) is 0. The number of amides is 1. The molecule has 1 aliphatic carbocycles. The monoisotopic (exact) mass is 323 g/mol. The zero-order valence-electron chi connectivity index (χ0n) is 13.5. The van der Waals surface area contributed by atoms with Gasteiger partial charge in [-0.2, -0.15) is 0 Å². The second kappa shape index (κ2) is 8.24. The zero-order chi connectivity index (χ0) is 16.6. The first-order valence-electron chi connectivity index (χ1n) is 8.34. The van der Waals surface area contributed by atoms with Crippen LogP contribution >= 0.6 is 0 Å². The maximum atomic E-state index is 12.0. The highest BCUT2D eigenvalue weighted by Gasteiger charge is 2.17. The van der Waals surface area contributed by atoms with Crippen LogP contribution in [0.3, 0.4) is 0 Å². The fourth-order valence-electron chi connectivity index (χ4n) is 2.90. The van der Waals surface area contributed by atoms with E-state index in [4.69, 9.17) is 4.84 Å². The quantitative estimate of drug-likeness (QED) is 0.527. The highest BCUT2D eigenvalue weighted by atomic mass is 16.7. The molecule has 24 heavy (non-hydrogen) atoms. The molecule has 3 rings (SSSR count). The van der Waals surface area contributed by atoms with Gasteiger partial charge >= 0.3 is 6.09 Å². The van der Waals surface area contributed by atoms with E-state index in [2.05, 4.69) is 15.5 Å². The highest BCUT2D eigenvalue weighted by molar-refractivity contribution is 6.12. The van der Waals surface area contributed by atoms with E-state index in [-0.39, 0.29) is 6.04 Å². The van der Waals surface area contributed by atoms with Gasteiger partial charge in [-0.15, -0.1) is 0 Å². The summed E-state index contributed by atoms with van der Waals surface area (Å²) in [5, 5.41) is 7.00. The first-order valence-corrected chi connectivity index (χ1v) is 8.34. The largest absolute Gasteiger partial charge is 0.433 e. The molecule has 0 aliphatic heterocycles. The summed E-state index contributed by atoms with van der Waals surface area (Å²) in [4.78, 5) is 21.2. The number of carbonyl (C=O) groups is 1. The smallest absolute Gasteiger partial charge is 0.317 e. The molecular formula is C19H21N3O2. The van der Waals surface area contributed by atoms with Crippen LogP contribution in [-0.4, -0.2) is 22.8 Å². The van der Waals surface area contributed by atoms with E-state index in [0.717, 1.165) is 36.8 Å². The number of nitrogens with zero attached hydrogens (tertiary/aromatic N) is 2. The Balaban J connectivity index is 1.73. The molecule has 0 unspecified atom stereocenters. The molecule has 1 heterocycles. The Morgan fingerprint density at radius 3 is 2.38 bits per heavy atom. The van der Waals surface area contributed by atoms with E-state index in [9.17, 15) is 4.79 Å². The molecule has 5 heteroatoms. The zero-order valence-corrected chi connectivity index (χ0v) is 13.5. The summed E-state index contributed by atoms with van der Waals surface area (Å²) < 4.78 is 0. The molecule has 1 saturated carbocycles. The molecule has 124 valence electrons. The van der Waals surface area contributed by atoms with Crippen molar-refractivity contribution >= 4 is 11.8 Å². The molecule has 1 N–H and O–H groups in total. The van der Waals surface area contributed by atoms with Gasteiger partial charge in [-0.25, -0.2) is 4.79 Å². The lowest BCUT2D eigenvalue weighted by Crippen LogP contribution is -2.36. The summed E-state index contributed by atoms with van der Waals surface area (Å²) in [6.45, 7) is 0. The van der Waals surface area contributed by atoms with Crippen LogP contribution in [0.15, 0.2) is 60.0 Å². The Labute approximate surface area is 141 Å². The standard InChI is InChI=1S/C19H21N3O2/c23-19(21-17-9-5-2-6-10-17)24-22-18(15-7-3-1-4-8-15)16-11-13-20-14-12-16/h1,3-4,7-8,11-14,17H,2,5-6,9-10H2,(H,21,23)/b22-18+. The van der Waals surface area contributed by atoms with E-state index in [0.29, 0.717) is 5.71 Å². The number of pyridine rings is 1. The van der Waals surface area contributed by atoms with Crippen molar-refractivity contribution in [3.05, 3.63) is 66.0 Å². The number of hydrogen-bond acceptors (Lipinski definition) is 4. The molecule has 1 amide bonds. The minimum absolute atomic E-state index is 0.197. The number of carbonyl (C=O) groups excluding carboxylic acids is 1. The Morgan fingerprint density at radius 1 is 1.00 bits per heavy atom. The van der Waals surface area contributed by atoms with Gasteiger partial charge in [-0.1, -0.05) is 54.8 Å². The van der Waals surface area contributed by atoms with E-state index in [1.807, 2.05) is 42.5 Å². The van der Waals surface area contributed by atoms with Gasteiger partial charge in [0.2, 0.25) is 0 Å². The minimum atomic E-state index is -0.496. The van der Waals surface area contributed by atoms with Crippen molar-refractivity contribution in [2.24, 2.45) is 5.16 Å². The predicted octanol–water partition coefficient (Wildman–Crippen LogP) is 3.89. The van der Waals surface area contributed by atoms with Crippen LogP contribution in [0, 0.1) is 0 Å². The van der Waals surface area contributed by atoms with E-state index in [1.165, 1.54) is 6.42 Å². The van der Waals surface area contributed by atoms with Crippen LogP contribution in [-0.2, 0) is 4.84 Å². The number of hydrogen-bond donors (Lipinski definition) is 1. The first kappa shape index (κ1) is 16.2. The predicted molar refractivity (Wildman–Crippen MR) is 92.8 cm³/mol. The fraction of sp³-hybridized carbons (Fsp3) is 0.316. The summed E-state index contributed by atoms with van der Waals surface area (Å²) in [7, 11) is 0. The topological polar surface area (TPSA) is 63.6 Å². The van der Waals surface area contributed by atoms with Crippen LogP contribution in [0.5, 0.6) is 0 Å². The van der Waals surface area contributed by atoms with Crippen LogP contribution in [0.1, 0.15) is 43.2 Å². The third kappa shape index (κ3) is 4.41. The molecule has 2 aromatic rings. The van der Waals surface area contributed by atoms with Crippen molar-refractivity contribution < 1.29 is 9.63 Å². The molecule has 5 nitrogen and oxygen atoms in total. The first-order chi connectivity index (χ1) is 11.8. The minimum Gasteiger partial charge on any atom is -0.317 e. The normalized spacial score (nSPS) is 15.8. The maximum absolute atomic E-state index is 12.0. The third-order valence-electron chi connectivity index (χ3n) is 4.15. The Kier molecular flexibility index (Phi) is 5.56. The van der Waals surface area contributed by atoms with Gasteiger partial charge in [0, 0.05) is 29.6 Å². The van der Waals surface area contributed by atoms with Crippen molar-refractivity contribution in [3.8, 4) is 0 Å². The Bertz CT molecular complexity index is 639. The van der Waals surface area contributed by atoms with Crippen molar-refractivity contribution in [1.82, 2.24) is 10.3 Å². The fourth-order valence-corrected chi connectivity index (χ4v) is 2.90. The molecule has 1 aromatic heterocycles. The number of oxime groups is 1. The average Bonchev–Trinajstić information content (AvgIpc) is 2.64. The van der Waals surface area contributed by atoms with Gasteiger partial charge in [-0.3, -0.25) is 9.82 Å². The summed E-state index contributed by atoms with van der Waals surface area (Å²) >= 11 is 0. The molecule has 1 aromatic carbocycles. The van der Waals surface area contributed by atoms with E-state index in [1.54, 1.807) is 12.4 Å². The SMILES string of the molecule is O=C(NC1CCCCC1)O/N=C(\c1ccccc1)c1ccncc1. The summed E-state index contributed by atoms with van der Waals surface area (Å²) in [6.07, 6.45) is 8.45. The lowest BCUT2D eigenvalue weighted by atomic mass is 9.96. The van der Waals surface area contributed by atoms with E-state index < -0.39 is 6.09 Å². The number of aromatic nitrogens is 1. The molecule has 1 fully saturated rings. The van der Waals surface area contributed by atoms with Crippen LogP contribution < -0.4 is 5.32 Å². The molecule has 0 atom stereocenters. The summed E-state index contributed by atoms with van der Waals surface area (Å²) in [6, 6.07) is 13.5. The Hall–Kier alpha value is -2.69. The van der Waals surface area contributed by atoms with Crippen LogP contribution in [0.2, 0.25) is 0 Å². The molecule has 0 bridgehead atoms. The van der Waals surface area contributed by atoms with Gasteiger partial charge in [0.05, 0.1) is 0 Å². The maximum Gasteiger partial charge on any atom is 0.433 e. The number of benzene rings is 1. The molecule has 0 radical (unpaired) electrons. The molecular weight excluding hydrogens is 302 g/mol. The number of rotatable bonds is 4. The molecule has 0 spiro atoms. The third-order valence-corrected chi connectivity index (χ3v) is 4.15. The van der Waals surface area contributed by atoms with E-state index >= 15 is 0 Å². The Morgan fingerprint density at radius 2 is 1.67 bits per heavy atom. The van der Waals surface area contributed by atoms with Crippen molar-refractivity contribution in [1.29, 1.82) is 0 Å². The second-order valence-electron chi connectivity index (χ2n) is 5.90. The van der Waals surface area contributed by atoms with Gasteiger partial charge in [0.25, 0.3) is 0 Å². The van der Waals surface area contributed by atoms with Gasteiger partial charge in [0.1, 0.15) is 5.71 Å². The lowest BCUT2D eigenvalue weighted by molar-refractivity contribution is 0.143. The van der Waals surface area contributed by atoms with Crippen molar-refractivity contribution in [2.75, 3.05) is 0 Å². The van der Waals surface area contributed by atoms with Gasteiger partial charge in [0.15, 0.2) is 0 Å². The van der Waals surface area contributed by atoms with Crippen LogP contribution in [0.4, 0.5) is 4.79 Å². The van der Waals surface area contributed by atoms with Gasteiger partial charge < -0.3 is 5.32 Å². The summed E-state index contributed by atoms with van der Waals surface area (Å²) in [5.41, 5.74) is 2.34. The van der Waals surface area contributed by atoms with Crippen LogP contribution in [0.25, 0.3) is 0 Å². The number of nitrogens with one attached hydrogen (secondary N) is 1. The molecule has 0 saturated heterocycles. The molecule has 1 aliphatic rings. The highest BCUT2D eigenvalue weighted by Crippen LogP contribution is 2.17.